The average molecular weight is 524 g/mol. The van der Waals surface area contributed by atoms with Gasteiger partial charge >= 0.3 is 5.97 Å². The first-order chi connectivity index (χ1) is 17.8. The molecule has 3 aromatic rings. The molecule has 1 fully saturated rings. The number of ether oxygens (including phenoxy) is 1. The molecule has 2 heterocycles. The minimum absolute atomic E-state index is 0.00830. The fourth-order valence-electron chi connectivity index (χ4n) is 3.97. The van der Waals surface area contributed by atoms with E-state index in [1.165, 1.54) is 25.3 Å². The lowest BCUT2D eigenvalue weighted by Gasteiger charge is -2.35. The molecule has 0 unspecified atom stereocenters. The molecule has 0 aliphatic carbocycles. The van der Waals surface area contributed by atoms with Gasteiger partial charge < -0.3 is 24.3 Å². The number of hydrogen-bond donors (Lipinski definition) is 2. The summed E-state index contributed by atoms with van der Waals surface area (Å²) in [5, 5.41) is 16.9. The number of likely N-dealkylation sites (N-methyl/N-ethyl adjacent to an activating group) is 1. The van der Waals surface area contributed by atoms with Gasteiger partial charge in [-0.25, -0.2) is 4.79 Å². The average Bonchev–Trinajstić information content (AvgIpc) is 3.39. The number of esters is 1. The number of carbonyl (C=O) groups is 2. The number of nitrogens with zero attached hydrogens (tertiary/aromatic N) is 3. The molecular weight excluding hydrogens is 498 g/mol. The zero-order chi connectivity index (χ0) is 26.5. The Kier molecular flexibility index (Phi) is 7.80. The minimum Gasteiger partial charge on any atom is -0.465 e. The van der Waals surface area contributed by atoms with Gasteiger partial charge in [-0.15, -0.1) is 0 Å². The van der Waals surface area contributed by atoms with E-state index in [9.17, 15) is 19.7 Å². The van der Waals surface area contributed by atoms with Crippen molar-refractivity contribution in [3.8, 4) is 11.3 Å². The number of nitro groups is 1. The number of nitro benzene ring substituents is 1. The number of nitrogens with one attached hydrogen (secondary N) is 2. The Bertz CT molecular complexity index is 1350. The summed E-state index contributed by atoms with van der Waals surface area (Å²) < 4.78 is 10.4. The van der Waals surface area contributed by atoms with E-state index in [0.717, 1.165) is 31.9 Å². The summed E-state index contributed by atoms with van der Waals surface area (Å²) in [5.41, 5.74) is 1.82. The Morgan fingerprint density at radius 2 is 1.81 bits per heavy atom. The summed E-state index contributed by atoms with van der Waals surface area (Å²) in [7, 11) is 3.36. The van der Waals surface area contributed by atoms with Crippen molar-refractivity contribution >= 4 is 46.3 Å². The van der Waals surface area contributed by atoms with Crippen molar-refractivity contribution in [2.75, 3.05) is 50.6 Å². The SMILES string of the molecule is COC(=O)c1ccc(N2CCN(C)CC2)c(NC(=S)NC(=O)c2ccc(-c3ccccc3[N+](=O)[O-])o2)c1. The molecule has 0 bridgehead atoms. The molecular formula is C25H25N5O6S. The predicted molar refractivity (Wildman–Crippen MR) is 142 cm³/mol. The Labute approximate surface area is 218 Å². The third kappa shape index (κ3) is 5.93. The number of benzene rings is 2. The molecule has 1 aliphatic rings. The van der Waals surface area contributed by atoms with Crippen LogP contribution in [0, 0.1) is 10.1 Å². The second kappa shape index (κ2) is 11.2. The van der Waals surface area contributed by atoms with Gasteiger partial charge in [-0.2, -0.15) is 0 Å². The van der Waals surface area contributed by atoms with Crippen LogP contribution in [0.5, 0.6) is 0 Å². The minimum atomic E-state index is -0.632. The molecule has 1 aromatic heterocycles. The van der Waals surface area contributed by atoms with E-state index in [4.69, 9.17) is 21.4 Å². The quantitative estimate of drug-likeness (QED) is 0.214. The third-order valence-corrected chi connectivity index (χ3v) is 6.14. The molecule has 11 nitrogen and oxygen atoms in total. The van der Waals surface area contributed by atoms with Crippen LogP contribution >= 0.6 is 12.2 Å². The third-order valence-electron chi connectivity index (χ3n) is 5.93. The number of anilines is 2. The lowest BCUT2D eigenvalue weighted by Crippen LogP contribution is -2.45. The van der Waals surface area contributed by atoms with E-state index >= 15 is 0 Å². The van der Waals surface area contributed by atoms with Gasteiger partial charge in [0.05, 0.1) is 34.5 Å². The van der Waals surface area contributed by atoms with Crippen LogP contribution in [0.3, 0.4) is 0 Å². The molecule has 37 heavy (non-hydrogen) atoms. The zero-order valence-corrected chi connectivity index (χ0v) is 21.0. The molecule has 1 amide bonds. The highest BCUT2D eigenvalue weighted by molar-refractivity contribution is 7.80. The Balaban J connectivity index is 1.51. The van der Waals surface area contributed by atoms with Gasteiger partial charge in [0, 0.05) is 32.2 Å². The number of carbonyl (C=O) groups excluding carboxylic acids is 2. The van der Waals surface area contributed by atoms with Crippen LogP contribution in [0.1, 0.15) is 20.9 Å². The Hall–Kier alpha value is -4.29. The van der Waals surface area contributed by atoms with Crippen molar-refractivity contribution in [2.45, 2.75) is 0 Å². The van der Waals surface area contributed by atoms with Crippen LogP contribution in [0.25, 0.3) is 11.3 Å². The van der Waals surface area contributed by atoms with Gasteiger partial charge in [0.2, 0.25) is 0 Å². The van der Waals surface area contributed by atoms with Crippen molar-refractivity contribution < 1.29 is 23.7 Å². The lowest BCUT2D eigenvalue weighted by molar-refractivity contribution is -0.384. The first-order valence-corrected chi connectivity index (χ1v) is 11.8. The maximum absolute atomic E-state index is 12.8. The topological polar surface area (TPSA) is 130 Å². The summed E-state index contributed by atoms with van der Waals surface area (Å²) in [6.07, 6.45) is 0. The molecule has 0 atom stereocenters. The van der Waals surface area contributed by atoms with E-state index in [1.54, 1.807) is 30.3 Å². The van der Waals surface area contributed by atoms with Crippen LogP contribution in [0.4, 0.5) is 17.1 Å². The van der Waals surface area contributed by atoms with Gasteiger partial charge in [0.25, 0.3) is 11.6 Å². The summed E-state index contributed by atoms with van der Waals surface area (Å²) in [4.78, 5) is 40.1. The second-order valence-corrected chi connectivity index (χ2v) is 8.77. The highest BCUT2D eigenvalue weighted by atomic mass is 32.1. The van der Waals surface area contributed by atoms with Crippen LogP contribution in [-0.4, -0.2) is 67.1 Å². The molecule has 1 aliphatic heterocycles. The normalized spacial score (nSPS) is 13.6. The number of piperazine rings is 1. The van der Waals surface area contributed by atoms with Crippen LogP contribution in [-0.2, 0) is 4.74 Å². The van der Waals surface area contributed by atoms with Gasteiger partial charge in [-0.05, 0) is 55.7 Å². The summed E-state index contributed by atoms with van der Waals surface area (Å²) in [6, 6.07) is 14.1. The predicted octanol–water partition coefficient (Wildman–Crippen LogP) is 3.52. The standard InChI is InChI=1S/C25H25N5O6S/c1-28-11-13-29(14-12-28)20-8-7-16(24(32)35-2)15-18(20)26-25(37)27-23(31)22-10-9-21(36-22)17-5-3-4-6-19(17)30(33)34/h3-10,15H,11-14H2,1-2H3,(H2,26,27,31,37). The van der Waals surface area contributed by atoms with Crippen LogP contribution < -0.4 is 15.5 Å². The fraction of sp³-hybridized carbons (Fsp3) is 0.240. The molecule has 2 aromatic carbocycles. The monoisotopic (exact) mass is 523 g/mol. The molecule has 0 saturated carbocycles. The molecule has 2 N–H and O–H groups in total. The summed E-state index contributed by atoms with van der Waals surface area (Å²) >= 11 is 5.37. The van der Waals surface area contributed by atoms with Gasteiger partial charge in [0.15, 0.2) is 10.9 Å². The molecule has 4 rings (SSSR count). The number of furan rings is 1. The first-order valence-electron chi connectivity index (χ1n) is 11.4. The zero-order valence-electron chi connectivity index (χ0n) is 20.2. The Morgan fingerprint density at radius 1 is 1.08 bits per heavy atom. The highest BCUT2D eigenvalue weighted by Gasteiger charge is 2.22. The second-order valence-electron chi connectivity index (χ2n) is 8.36. The fourth-order valence-corrected chi connectivity index (χ4v) is 4.17. The van der Waals surface area contributed by atoms with Gasteiger partial charge in [-0.1, -0.05) is 12.1 Å². The first kappa shape index (κ1) is 25.8. The number of rotatable bonds is 6. The summed E-state index contributed by atoms with van der Waals surface area (Å²) in [6.45, 7) is 3.31. The van der Waals surface area contributed by atoms with Gasteiger partial charge in [-0.3, -0.25) is 20.2 Å². The highest BCUT2D eigenvalue weighted by Crippen LogP contribution is 2.31. The van der Waals surface area contributed by atoms with Crippen LogP contribution in [0.15, 0.2) is 59.0 Å². The number of methoxy groups -OCH3 is 1. The number of para-hydroxylation sites is 1. The lowest BCUT2D eigenvalue weighted by atomic mass is 10.1. The van der Waals surface area contributed by atoms with Crippen molar-refractivity contribution in [1.82, 2.24) is 10.2 Å². The van der Waals surface area contributed by atoms with E-state index in [1.807, 2.05) is 6.07 Å². The van der Waals surface area contributed by atoms with Gasteiger partial charge in [0.1, 0.15) is 5.76 Å². The smallest absolute Gasteiger partial charge is 0.337 e. The molecule has 12 heteroatoms. The largest absolute Gasteiger partial charge is 0.465 e. The van der Waals surface area contributed by atoms with Crippen molar-refractivity contribution in [1.29, 1.82) is 0 Å². The van der Waals surface area contributed by atoms with Crippen molar-refractivity contribution in [2.24, 2.45) is 0 Å². The molecule has 0 radical (unpaired) electrons. The number of thiocarbonyl (C=S) groups is 1. The van der Waals surface area contributed by atoms with E-state index in [-0.39, 0.29) is 27.9 Å². The van der Waals surface area contributed by atoms with E-state index < -0.39 is 16.8 Å². The van der Waals surface area contributed by atoms with Crippen molar-refractivity contribution in [3.63, 3.8) is 0 Å². The maximum atomic E-state index is 12.8. The molecule has 1 saturated heterocycles. The van der Waals surface area contributed by atoms with Crippen LogP contribution in [0.2, 0.25) is 0 Å². The van der Waals surface area contributed by atoms with Crippen molar-refractivity contribution in [3.05, 3.63) is 76.0 Å². The number of hydrogen-bond acceptors (Lipinski definition) is 9. The van der Waals surface area contributed by atoms with E-state index in [2.05, 4.69) is 27.5 Å². The maximum Gasteiger partial charge on any atom is 0.337 e. The number of amides is 1. The Morgan fingerprint density at radius 3 is 2.51 bits per heavy atom. The van der Waals surface area contributed by atoms with E-state index in [0.29, 0.717) is 11.3 Å². The molecule has 0 spiro atoms. The molecule has 192 valence electrons. The summed E-state index contributed by atoms with van der Waals surface area (Å²) in [5.74, 6) is -1.02.